The second kappa shape index (κ2) is 10.0. The van der Waals surface area contributed by atoms with Gasteiger partial charge >= 0.3 is 0 Å². The number of para-hydroxylation sites is 2. The van der Waals surface area contributed by atoms with E-state index in [2.05, 4.69) is 30.6 Å². The van der Waals surface area contributed by atoms with Gasteiger partial charge in [-0.2, -0.15) is 0 Å². The molecule has 0 bridgehead atoms. The van der Waals surface area contributed by atoms with E-state index in [1.807, 2.05) is 31.2 Å². The lowest BCUT2D eigenvalue weighted by atomic mass is 10.2. The molecule has 0 spiro atoms. The van der Waals surface area contributed by atoms with Gasteiger partial charge in [-0.1, -0.05) is 32.6 Å². The van der Waals surface area contributed by atoms with Crippen molar-refractivity contribution in [2.75, 3.05) is 31.6 Å². The molecule has 0 aromatic heterocycles. The zero-order chi connectivity index (χ0) is 16.4. The Labute approximate surface area is 134 Å². The summed E-state index contributed by atoms with van der Waals surface area (Å²) in [4.78, 5) is 14.4. The minimum absolute atomic E-state index is 0.00623. The second-order valence-electron chi connectivity index (χ2n) is 5.57. The number of carbonyl (C=O) groups excluding carboxylic acids is 1. The molecule has 0 radical (unpaired) electrons. The highest BCUT2D eigenvalue weighted by atomic mass is 16.5. The monoisotopic (exact) mass is 304 g/mol. The molecule has 0 atom stereocenters. The maximum Gasteiger partial charge on any atom is 0.238 e. The van der Waals surface area contributed by atoms with E-state index in [1.165, 1.54) is 0 Å². The molecule has 22 heavy (non-hydrogen) atoms. The van der Waals surface area contributed by atoms with E-state index in [9.17, 15) is 4.79 Å². The number of hydrogen-bond acceptors (Lipinski definition) is 3. The molecule has 0 aliphatic heterocycles. The van der Waals surface area contributed by atoms with Crippen LogP contribution in [0.2, 0.25) is 0 Å². The summed E-state index contributed by atoms with van der Waals surface area (Å²) >= 11 is 0. The van der Waals surface area contributed by atoms with Crippen LogP contribution in [0.3, 0.4) is 0 Å². The normalized spacial score (nSPS) is 10.5. The second-order valence-corrected chi connectivity index (χ2v) is 5.57. The van der Waals surface area contributed by atoms with Gasteiger partial charge in [0.1, 0.15) is 12.4 Å². The maximum atomic E-state index is 12.2. The van der Waals surface area contributed by atoms with Crippen LogP contribution in [-0.2, 0) is 4.79 Å². The van der Waals surface area contributed by atoms with E-state index < -0.39 is 0 Å². The number of rotatable bonds is 10. The predicted molar refractivity (Wildman–Crippen MR) is 92.4 cm³/mol. The number of amides is 1. The lowest BCUT2D eigenvalue weighted by molar-refractivity contribution is -0.117. The Morgan fingerprint density at radius 3 is 2.45 bits per heavy atom. The largest absolute Gasteiger partial charge is 0.487 e. The molecule has 4 nitrogen and oxygen atoms in total. The molecule has 0 heterocycles. The Hall–Kier alpha value is -1.81. The van der Waals surface area contributed by atoms with Crippen LogP contribution in [0.1, 0.15) is 33.6 Å². The van der Waals surface area contributed by atoms with Crippen molar-refractivity contribution in [1.29, 1.82) is 0 Å². The van der Waals surface area contributed by atoms with Gasteiger partial charge in [0, 0.05) is 0 Å². The van der Waals surface area contributed by atoms with Crippen molar-refractivity contribution >= 4 is 11.6 Å². The van der Waals surface area contributed by atoms with Gasteiger partial charge < -0.3 is 10.1 Å². The van der Waals surface area contributed by atoms with Crippen LogP contribution in [0.15, 0.2) is 36.4 Å². The SMILES string of the molecule is C=C(C)COc1ccccc1NC(=O)CN(CCC)CCC. The third-order valence-corrected chi connectivity index (χ3v) is 3.08. The molecule has 122 valence electrons. The summed E-state index contributed by atoms with van der Waals surface area (Å²) in [6.07, 6.45) is 2.09. The van der Waals surface area contributed by atoms with Crippen LogP contribution in [0.5, 0.6) is 5.75 Å². The molecular weight excluding hydrogens is 276 g/mol. The van der Waals surface area contributed by atoms with Crippen LogP contribution < -0.4 is 10.1 Å². The number of carbonyl (C=O) groups is 1. The third-order valence-electron chi connectivity index (χ3n) is 3.08. The van der Waals surface area contributed by atoms with Gasteiger partial charge in [0.15, 0.2) is 0 Å². The van der Waals surface area contributed by atoms with Crippen molar-refractivity contribution in [2.24, 2.45) is 0 Å². The Bertz CT molecular complexity index is 480. The summed E-state index contributed by atoms with van der Waals surface area (Å²) in [5.41, 5.74) is 1.65. The van der Waals surface area contributed by atoms with E-state index in [0.717, 1.165) is 31.5 Å². The van der Waals surface area contributed by atoms with Crippen LogP contribution in [0.4, 0.5) is 5.69 Å². The Kier molecular flexibility index (Phi) is 8.30. The van der Waals surface area contributed by atoms with Gasteiger partial charge in [-0.05, 0) is 50.6 Å². The zero-order valence-electron chi connectivity index (χ0n) is 14.0. The van der Waals surface area contributed by atoms with Gasteiger partial charge in [0.25, 0.3) is 0 Å². The summed E-state index contributed by atoms with van der Waals surface area (Å²) in [6.45, 7) is 12.7. The molecule has 1 N–H and O–H groups in total. The van der Waals surface area contributed by atoms with Gasteiger partial charge in [0.05, 0.1) is 12.2 Å². The minimum atomic E-state index is -0.00623. The molecule has 1 aromatic rings. The average Bonchev–Trinajstić information content (AvgIpc) is 2.46. The molecule has 0 saturated heterocycles. The van der Waals surface area contributed by atoms with Crippen molar-refractivity contribution in [3.05, 3.63) is 36.4 Å². The Morgan fingerprint density at radius 2 is 1.86 bits per heavy atom. The van der Waals surface area contributed by atoms with Crippen molar-refractivity contribution in [3.8, 4) is 5.75 Å². The summed E-state index contributed by atoms with van der Waals surface area (Å²) < 4.78 is 5.67. The van der Waals surface area contributed by atoms with Crippen LogP contribution >= 0.6 is 0 Å². The standard InChI is InChI=1S/C18H28N2O2/c1-5-11-20(12-6-2)13-18(21)19-16-9-7-8-10-17(16)22-14-15(3)4/h7-10H,3,5-6,11-14H2,1-2,4H3,(H,19,21). The first-order valence-electron chi connectivity index (χ1n) is 7.95. The molecular formula is C18H28N2O2. The zero-order valence-corrected chi connectivity index (χ0v) is 14.0. The van der Waals surface area contributed by atoms with Gasteiger partial charge in [-0.25, -0.2) is 0 Å². The van der Waals surface area contributed by atoms with Crippen LogP contribution in [0.25, 0.3) is 0 Å². The molecule has 1 aromatic carbocycles. The van der Waals surface area contributed by atoms with E-state index in [1.54, 1.807) is 0 Å². The van der Waals surface area contributed by atoms with E-state index in [0.29, 0.717) is 24.6 Å². The highest BCUT2D eigenvalue weighted by molar-refractivity contribution is 5.93. The number of ether oxygens (including phenoxy) is 1. The smallest absolute Gasteiger partial charge is 0.238 e. The van der Waals surface area contributed by atoms with Gasteiger partial charge in [-0.3, -0.25) is 9.69 Å². The fourth-order valence-electron chi connectivity index (χ4n) is 2.19. The number of hydrogen-bond donors (Lipinski definition) is 1. The Morgan fingerprint density at radius 1 is 1.23 bits per heavy atom. The molecule has 0 unspecified atom stereocenters. The quantitative estimate of drug-likeness (QED) is 0.670. The molecule has 1 rings (SSSR count). The number of benzene rings is 1. The number of anilines is 1. The fraction of sp³-hybridized carbons (Fsp3) is 0.500. The molecule has 4 heteroatoms. The summed E-state index contributed by atoms with van der Waals surface area (Å²) in [5.74, 6) is 0.671. The van der Waals surface area contributed by atoms with E-state index >= 15 is 0 Å². The third kappa shape index (κ3) is 6.76. The number of nitrogens with one attached hydrogen (secondary N) is 1. The molecule has 0 aliphatic rings. The summed E-state index contributed by atoms with van der Waals surface area (Å²) in [5, 5.41) is 2.95. The first kappa shape index (κ1) is 18.2. The van der Waals surface area contributed by atoms with Gasteiger partial charge in [0.2, 0.25) is 5.91 Å². The average molecular weight is 304 g/mol. The van der Waals surface area contributed by atoms with E-state index in [-0.39, 0.29) is 5.91 Å². The first-order valence-corrected chi connectivity index (χ1v) is 7.95. The highest BCUT2D eigenvalue weighted by Crippen LogP contribution is 2.24. The molecule has 1 amide bonds. The van der Waals surface area contributed by atoms with Crippen LogP contribution in [-0.4, -0.2) is 37.0 Å². The molecule has 0 saturated carbocycles. The van der Waals surface area contributed by atoms with Crippen molar-refractivity contribution in [1.82, 2.24) is 4.90 Å². The van der Waals surface area contributed by atoms with Crippen molar-refractivity contribution < 1.29 is 9.53 Å². The lowest BCUT2D eigenvalue weighted by Crippen LogP contribution is -2.34. The highest BCUT2D eigenvalue weighted by Gasteiger charge is 2.11. The minimum Gasteiger partial charge on any atom is -0.487 e. The van der Waals surface area contributed by atoms with Crippen LogP contribution in [0, 0.1) is 0 Å². The first-order chi connectivity index (χ1) is 10.6. The predicted octanol–water partition coefficient (Wildman–Crippen LogP) is 3.70. The van der Waals surface area contributed by atoms with Gasteiger partial charge in [-0.15, -0.1) is 0 Å². The number of nitrogens with zero attached hydrogens (tertiary/aromatic N) is 1. The van der Waals surface area contributed by atoms with Crippen molar-refractivity contribution in [3.63, 3.8) is 0 Å². The summed E-state index contributed by atoms with van der Waals surface area (Å²) in [7, 11) is 0. The maximum absolute atomic E-state index is 12.2. The topological polar surface area (TPSA) is 41.6 Å². The molecule has 0 fully saturated rings. The Balaban J connectivity index is 2.64. The fourth-order valence-corrected chi connectivity index (χ4v) is 2.19. The lowest BCUT2D eigenvalue weighted by Gasteiger charge is -2.20. The van der Waals surface area contributed by atoms with E-state index in [4.69, 9.17) is 4.74 Å². The van der Waals surface area contributed by atoms with Crippen molar-refractivity contribution in [2.45, 2.75) is 33.6 Å². The summed E-state index contributed by atoms with van der Waals surface area (Å²) in [6, 6.07) is 7.49. The molecule has 0 aliphatic carbocycles.